The standard InChI is InChI=1S/C13H19N3/c1-10-2-5-15-13(8-10)16-7-4-12-11(9-16)3-6-14-12/h2,5,8,11-12,14H,3-4,6-7,9H2,1H3. The molecule has 1 N–H and O–H groups in total. The predicted molar refractivity (Wildman–Crippen MR) is 65.7 cm³/mol. The zero-order chi connectivity index (χ0) is 11.0. The van der Waals surface area contributed by atoms with Gasteiger partial charge in [-0.2, -0.15) is 0 Å². The molecule has 0 spiro atoms. The van der Waals surface area contributed by atoms with Crippen LogP contribution in [-0.4, -0.2) is 30.7 Å². The molecule has 86 valence electrons. The van der Waals surface area contributed by atoms with Gasteiger partial charge in [-0.1, -0.05) is 0 Å². The summed E-state index contributed by atoms with van der Waals surface area (Å²) in [5, 5.41) is 3.59. The van der Waals surface area contributed by atoms with Gasteiger partial charge < -0.3 is 10.2 Å². The van der Waals surface area contributed by atoms with Gasteiger partial charge in [0, 0.05) is 25.3 Å². The second-order valence-corrected chi connectivity index (χ2v) is 5.04. The second-order valence-electron chi connectivity index (χ2n) is 5.04. The maximum absolute atomic E-state index is 4.48. The molecule has 0 bridgehead atoms. The van der Waals surface area contributed by atoms with Crippen molar-refractivity contribution in [1.82, 2.24) is 10.3 Å². The van der Waals surface area contributed by atoms with E-state index >= 15 is 0 Å². The second kappa shape index (κ2) is 4.06. The molecule has 1 aromatic heterocycles. The number of pyridine rings is 1. The van der Waals surface area contributed by atoms with E-state index in [1.165, 1.54) is 31.5 Å². The Morgan fingerprint density at radius 3 is 3.25 bits per heavy atom. The van der Waals surface area contributed by atoms with Gasteiger partial charge in [-0.05, 0) is 49.9 Å². The lowest BCUT2D eigenvalue weighted by molar-refractivity contribution is 0.375. The Morgan fingerprint density at radius 1 is 1.44 bits per heavy atom. The number of hydrogen-bond acceptors (Lipinski definition) is 3. The van der Waals surface area contributed by atoms with Crippen LogP contribution in [0.5, 0.6) is 0 Å². The number of anilines is 1. The fraction of sp³-hybridized carbons (Fsp3) is 0.615. The first-order chi connectivity index (χ1) is 7.83. The van der Waals surface area contributed by atoms with E-state index in [0.29, 0.717) is 0 Å². The largest absolute Gasteiger partial charge is 0.356 e. The minimum atomic E-state index is 0.765. The molecular formula is C13H19N3. The fourth-order valence-corrected chi connectivity index (χ4v) is 2.95. The van der Waals surface area contributed by atoms with Crippen molar-refractivity contribution in [1.29, 1.82) is 0 Å². The third-order valence-corrected chi connectivity index (χ3v) is 3.88. The van der Waals surface area contributed by atoms with E-state index in [4.69, 9.17) is 0 Å². The molecular weight excluding hydrogens is 198 g/mol. The molecule has 16 heavy (non-hydrogen) atoms. The fourth-order valence-electron chi connectivity index (χ4n) is 2.95. The zero-order valence-corrected chi connectivity index (χ0v) is 9.82. The Hall–Kier alpha value is -1.09. The Bertz CT molecular complexity index is 377. The van der Waals surface area contributed by atoms with E-state index in [2.05, 4.69) is 34.3 Å². The summed E-state index contributed by atoms with van der Waals surface area (Å²) in [5.41, 5.74) is 1.30. The maximum Gasteiger partial charge on any atom is 0.128 e. The summed E-state index contributed by atoms with van der Waals surface area (Å²) in [4.78, 5) is 6.93. The molecule has 2 fully saturated rings. The van der Waals surface area contributed by atoms with Crippen LogP contribution < -0.4 is 10.2 Å². The lowest BCUT2D eigenvalue weighted by Crippen LogP contribution is -2.44. The average molecular weight is 217 g/mol. The minimum absolute atomic E-state index is 0.765. The quantitative estimate of drug-likeness (QED) is 0.774. The molecule has 3 nitrogen and oxygen atoms in total. The molecule has 0 saturated carbocycles. The summed E-state index contributed by atoms with van der Waals surface area (Å²) >= 11 is 0. The maximum atomic E-state index is 4.48. The molecule has 2 unspecified atom stereocenters. The highest BCUT2D eigenvalue weighted by atomic mass is 15.2. The van der Waals surface area contributed by atoms with Crippen molar-refractivity contribution in [3.05, 3.63) is 23.9 Å². The normalized spacial score (nSPS) is 29.2. The van der Waals surface area contributed by atoms with Crippen molar-refractivity contribution < 1.29 is 0 Å². The van der Waals surface area contributed by atoms with Crippen LogP contribution >= 0.6 is 0 Å². The molecule has 0 aromatic carbocycles. The molecule has 2 saturated heterocycles. The lowest BCUT2D eigenvalue weighted by Gasteiger charge is -2.35. The summed E-state index contributed by atoms with van der Waals surface area (Å²) in [6, 6.07) is 5.02. The van der Waals surface area contributed by atoms with E-state index in [1.54, 1.807) is 0 Å². The Labute approximate surface area is 96.9 Å². The number of piperidine rings is 1. The number of nitrogens with one attached hydrogen (secondary N) is 1. The number of fused-ring (bicyclic) bond motifs is 1. The highest BCUT2D eigenvalue weighted by Gasteiger charge is 2.32. The average Bonchev–Trinajstić information content (AvgIpc) is 2.75. The molecule has 0 amide bonds. The van der Waals surface area contributed by atoms with Gasteiger partial charge in [0.25, 0.3) is 0 Å². The van der Waals surface area contributed by atoms with Crippen LogP contribution in [0, 0.1) is 12.8 Å². The van der Waals surface area contributed by atoms with Crippen LogP contribution in [0.25, 0.3) is 0 Å². The van der Waals surface area contributed by atoms with Gasteiger partial charge in [0.1, 0.15) is 5.82 Å². The topological polar surface area (TPSA) is 28.2 Å². The van der Waals surface area contributed by atoms with Crippen LogP contribution in [0.2, 0.25) is 0 Å². The van der Waals surface area contributed by atoms with Gasteiger partial charge in [-0.3, -0.25) is 0 Å². The van der Waals surface area contributed by atoms with Gasteiger partial charge in [0.2, 0.25) is 0 Å². The summed E-state index contributed by atoms with van der Waals surface area (Å²) < 4.78 is 0. The highest BCUT2D eigenvalue weighted by molar-refractivity contribution is 5.41. The number of rotatable bonds is 1. The van der Waals surface area contributed by atoms with E-state index in [9.17, 15) is 0 Å². The molecule has 0 radical (unpaired) electrons. The number of aryl methyl sites for hydroxylation is 1. The lowest BCUT2D eigenvalue weighted by atomic mass is 9.93. The highest BCUT2D eigenvalue weighted by Crippen LogP contribution is 2.27. The smallest absolute Gasteiger partial charge is 0.128 e. The van der Waals surface area contributed by atoms with E-state index < -0.39 is 0 Å². The van der Waals surface area contributed by atoms with Crippen LogP contribution in [0.3, 0.4) is 0 Å². The molecule has 0 aliphatic carbocycles. The van der Waals surface area contributed by atoms with Gasteiger partial charge in [0.15, 0.2) is 0 Å². The third kappa shape index (κ3) is 1.80. The van der Waals surface area contributed by atoms with Crippen molar-refractivity contribution in [3.63, 3.8) is 0 Å². The van der Waals surface area contributed by atoms with Gasteiger partial charge in [0.05, 0.1) is 0 Å². The molecule has 2 aliphatic heterocycles. The first-order valence-corrected chi connectivity index (χ1v) is 6.24. The molecule has 2 atom stereocenters. The first-order valence-electron chi connectivity index (χ1n) is 6.24. The van der Waals surface area contributed by atoms with Gasteiger partial charge in [-0.15, -0.1) is 0 Å². The van der Waals surface area contributed by atoms with Crippen molar-refractivity contribution >= 4 is 5.82 Å². The molecule has 3 heteroatoms. The zero-order valence-electron chi connectivity index (χ0n) is 9.82. The van der Waals surface area contributed by atoms with Crippen molar-refractivity contribution in [3.8, 4) is 0 Å². The minimum Gasteiger partial charge on any atom is -0.356 e. The summed E-state index contributed by atoms with van der Waals surface area (Å²) in [6.45, 7) is 5.65. The summed E-state index contributed by atoms with van der Waals surface area (Å²) in [6.07, 6.45) is 4.51. The van der Waals surface area contributed by atoms with Crippen LogP contribution in [0.15, 0.2) is 18.3 Å². The third-order valence-electron chi connectivity index (χ3n) is 3.88. The first kappa shape index (κ1) is 10.1. The van der Waals surface area contributed by atoms with Gasteiger partial charge in [-0.25, -0.2) is 4.98 Å². The Balaban J connectivity index is 1.76. The predicted octanol–water partition coefficient (Wildman–Crippen LogP) is 1.58. The molecule has 3 heterocycles. The molecule has 1 aromatic rings. The van der Waals surface area contributed by atoms with Crippen molar-refractivity contribution in [2.75, 3.05) is 24.5 Å². The van der Waals surface area contributed by atoms with Crippen LogP contribution in [0.1, 0.15) is 18.4 Å². The molecule has 2 aliphatic rings. The van der Waals surface area contributed by atoms with E-state index in [-0.39, 0.29) is 0 Å². The number of nitrogens with zero attached hydrogens (tertiary/aromatic N) is 2. The SMILES string of the molecule is Cc1ccnc(N2CCC3NCCC3C2)c1. The number of aromatic nitrogens is 1. The van der Waals surface area contributed by atoms with Gasteiger partial charge >= 0.3 is 0 Å². The monoisotopic (exact) mass is 217 g/mol. The Kier molecular flexibility index (Phi) is 2.56. The van der Waals surface area contributed by atoms with Crippen molar-refractivity contribution in [2.45, 2.75) is 25.8 Å². The summed E-state index contributed by atoms with van der Waals surface area (Å²) in [5.74, 6) is 1.99. The van der Waals surface area contributed by atoms with Crippen molar-refractivity contribution in [2.24, 2.45) is 5.92 Å². The van der Waals surface area contributed by atoms with Crippen LogP contribution in [0.4, 0.5) is 5.82 Å². The van der Waals surface area contributed by atoms with E-state index in [0.717, 1.165) is 24.3 Å². The Morgan fingerprint density at radius 2 is 2.38 bits per heavy atom. The number of hydrogen-bond donors (Lipinski definition) is 1. The molecule has 3 rings (SSSR count). The summed E-state index contributed by atoms with van der Waals surface area (Å²) in [7, 11) is 0. The van der Waals surface area contributed by atoms with E-state index in [1.807, 2.05) is 6.20 Å². The van der Waals surface area contributed by atoms with Crippen LogP contribution in [-0.2, 0) is 0 Å².